The molecule has 1 aromatic rings. The summed E-state index contributed by atoms with van der Waals surface area (Å²) in [5, 5.41) is 6.50. The highest BCUT2D eigenvalue weighted by Gasteiger charge is 2.03. The number of hydrogen-bond donors (Lipinski definition) is 2. The molecular formula is C16H27N3O. The van der Waals surface area contributed by atoms with Gasteiger partial charge in [0.1, 0.15) is 12.4 Å². The first-order valence-electron chi connectivity index (χ1n) is 7.28. The molecule has 0 saturated heterocycles. The van der Waals surface area contributed by atoms with Crippen molar-refractivity contribution in [3.05, 3.63) is 29.3 Å². The summed E-state index contributed by atoms with van der Waals surface area (Å²) in [5.74, 6) is 1.82. The lowest BCUT2D eigenvalue weighted by Gasteiger charge is -2.14. The van der Waals surface area contributed by atoms with E-state index in [1.807, 2.05) is 6.07 Å². The summed E-state index contributed by atoms with van der Waals surface area (Å²) in [7, 11) is 0. The molecule has 0 bridgehead atoms. The zero-order chi connectivity index (χ0) is 15.0. The van der Waals surface area contributed by atoms with Crippen molar-refractivity contribution >= 4 is 5.96 Å². The van der Waals surface area contributed by atoms with E-state index in [-0.39, 0.29) is 0 Å². The van der Waals surface area contributed by atoms with Crippen LogP contribution in [-0.2, 0) is 0 Å². The van der Waals surface area contributed by atoms with E-state index in [9.17, 15) is 0 Å². The minimum Gasteiger partial charge on any atom is -0.491 e. The second-order valence-corrected chi connectivity index (χ2v) is 5.13. The fourth-order valence-electron chi connectivity index (χ4n) is 1.93. The van der Waals surface area contributed by atoms with Crippen molar-refractivity contribution in [1.29, 1.82) is 0 Å². The first-order valence-corrected chi connectivity index (χ1v) is 7.28. The number of aryl methyl sites for hydroxylation is 2. The summed E-state index contributed by atoms with van der Waals surface area (Å²) < 4.78 is 5.84. The van der Waals surface area contributed by atoms with Crippen molar-refractivity contribution < 1.29 is 4.74 Å². The largest absolute Gasteiger partial charge is 0.491 e. The number of hydrogen-bond acceptors (Lipinski definition) is 2. The third-order valence-corrected chi connectivity index (χ3v) is 2.79. The van der Waals surface area contributed by atoms with Crippen molar-refractivity contribution in [3.8, 4) is 5.75 Å². The van der Waals surface area contributed by atoms with Crippen molar-refractivity contribution in [3.63, 3.8) is 0 Å². The number of aliphatic imine (C=N–C) groups is 1. The number of nitrogens with zero attached hydrogens (tertiary/aromatic N) is 1. The highest BCUT2D eigenvalue weighted by molar-refractivity contribution is 5.79. The van der Waals surface area contributed by atoms with E-state index in [0.29, 0.717) is 19.2 Å². The highest BCUT2D eigenvalue weighted by Crippen LogP contribution is 2.21. The molecule has 0 saturated carbocycles. The zero-order valence-electron chi connectivity index (χ0n) is 13.3. The van der Waals surface area contributed by atoms with Gasteiger partial charge in [-0.2, -0.15) is 0 Å². The van der Waals surface area contributed by atoms with Crippen LogP contribution >= 0.6 is 0 Å². The van der Waals surface area contributed by atoms with Gasteiger partial charge in [0.15, 0.2) is 5.96 Å². The molecule has 20 heavy (non-hydrogen) atoms. The van der Waals surface area contributed by atoms with Crippen LogP contribution in [0.2, 0.25) is 0 Å². The van der Waals surface area contributed by atoms with Crippen molar-refractivity contribution in [2.45, 2.75) is 40.7 Å². The highest BCUT2D eigenvalue weighted by atomic mass is 16.5. The third kappa shape index (κ3) is 5.51. The number of benzene rings is 1. The molecule has 112 valence electrons. The SMILES string of the molecule is CCNC(=NCCOc1c(C)cccc1C)NC(C)C. The molecule has 0 amide bonds. The fraction of sp³-hybridized carbons (Fsp3) is 0.562. The van der Waals surface area contributed by atoms with Gasteiger partial charge in [-0.1, -0.05) is 18.2 Å². The first-order chi connectivity index (χ1) is 9.54. The maximum Gasteiger partial charge on any atom is 0.191 e. The van der Waals surface area contributed by atoms with E-state index in [0.717, 1.165) is 18.3 Å². The molecular weight excluding hydrogens is 250 g/mol. The van der Waals surface area contributed by atoms with Crippen LogP contribution < -0.4 is 15.4 Å². The van der Waals surface area contributed by atoms with Gasteiger partial charge in [-0.05, 0) is 45.7 Å². The predicted molar refractivity (Wildman–Crippen MR) is 85.7 cm³/mol. The normalized spacial score (nSPS) is 11.6. The van der Waals surface area contributed by atoms with Crippen LogP contribution in [0, 0.1) is 13.8 Å². The average Bonchev–Trinajstić information content (AvgIpc) is 2.36. The number of ether oxygens (including phenoxy) is 1. The Hall–Kier alpha value is -1.71. The van der Waals surface area contributed by atoms with Gasteiger partial charge in [-0.25, -0.2) is 4.99 Å². The molecule has 0 spiro atoms. The molecule has 0 aromatic heterocycles. The van der Waals surface area contributed by atoms with Crippen LogP contribution in [0.3, 0.4) is 0 Å². The Morgan fingerprint density at radius 2 is 1.90 bits per heavy atom. The van der Waals surface area contributed by atoms with Gasteiger partial charge in [-0.3, -0.25) is 0 Å². The molecule has 1 rings (SSSR count). The predicted octanol–water partition coefficient (Wildman–Crippen LogP) is 2.65. The molecule has 0 fully saturated rings. The van der Waals surface area contributed by atoms with E-state index < -0.39 is 0 Å². The zero-order valence-corrected chi connectivity index (χ0v) is 13.3. The molecule has 4 nitrogen and oxygen atoms in total. The quantitative estimate of drug-likeness (QED) is 0.477. The number of rotatable bonds is 6. The topological polar surface area (TPSA) is 45.7 Å². The second kappa shape index (κ2) is 8.46. The monoisotopic (exact) mass is 277 g/mol. The van der Waals surface area contributed by atoms with E-state index in [1.165, 1.54) is 11.1 Å². The second-order valence-electron chi connectivity index (χ2n) is 5.13. The summed E-state index contributed by atoms with van der Waals surface area (Å²) in [6.45, 7) is 12.5. The molecule has 0 heterocycles. The summed E-state index contributed by atoms with van der Waals surface area (Å²) >= 11 is 0. The summed E-state index contributed by atoms with van der Waals surface area (Å²) in [4.78, 5) is 4.50. The van der Waals surface area contributed by atoms with E-state index in [2.05, 4.69) is 62.4 Å². The molecule has 0 aliphatic heterocycles. The molecule has 0 radical (unpaired) electrons. The lowest BCUT2D eigenvalue weighted by atomic mass is 10.1. The van der Waals surface area contributed by atoms with Gasteiger partial charge < -0.3 is 15.4 Å². The molecule has 0 aliphatic rings. The maximum atomic E-state index is 5.84. The number of para-hydroxylation sites is 1. The van der Waals surface area contributed by atoms with Gasteiger partial charge in [-0.15, -0.1) is 0 Å². The Labute approximate surface area is 122 Å². The minimum atomic E-state index is 0.368. The van der Waals surface area contributed by atoms with E-state index >= 15 is 0 Å². The Balaban J connectivity index is 2.50. The van der Waals surface area contributed by atoms with Crippen molar-refractivity contribution in [2.24, 2.45) is 4.99 Å². The first kappa shape index (κ1) is 16.3. The van der Waals surface area contributed by atoms with Crippen LogP contribution in [0.4, 0.5) is 0 Å². The van der Waals surface area contributed by atoms with Crippen LogP contribution in [0.5, 0.6) is 5.75 Å². The Morgan fingerprint density at radius 1 is 1.25 bits per heavy atom. The Morgan fingerprint density at radius 3 is 2.45 bits per heavy atom. The lowest BCUT2D eigenvalue weighted by molar-refractivity contribution is 0.324. The van der Waals surface area contributed by atoms with Gasteiger partial charge >= 0.3 is 0 Å². The fourth-order valence-corrected chi connectivity index (χ4v) is 1.93. The average molecular weight is 277 g/mol. The number of nitrogens with one attached hydrogen (secondary N) is 2. The lowest BCUT2D eigenvalue weighted by Crippen LogP contribution is -2.41. The smallest absolute Gasteiger partial charge is 0.191 e. The van der Waals surface area contributed by atoms with Gasteiger partial charge in [0.2, 0.25) is 0 Å². The van der Waals surface area contributed by atoms with Crippen LogP contribution in [0.25, 0.3) is 0 Å². The summed E-state index contributed by atoms with van der Waals surface area (Å²) in [6, 6.07) is 6.55. The molecule has 0 unspecified atom stereocenters. The van der Waals surface area contributed by atoms with Crippen molar-refractivity contribution in [2.75, 3.05) is 19.7 Å². The number of guanidine groups is 1. The van der Waals surface area contributed by atoms with Gasteiger partial charge in [0.05, 0.1) is 6.54 Å². The van der Waals surface area contributed by atoms with Gasteiger partial charge in [0, 0.05) is 12.6 Å². The van der Waals surface area contributed by atoms with Crippen LogP contribution in [-0.4, -0.2) is 31.7 Å². The third-order valence-electron chi connectivity index (χ3n) is 2.79. The summed E-state index contributed by atoms with van der Waals surface area (Å²) in [5.41, 5.74) is 2.34. The Kier molecular flexibility index (Phi) is 6.91. The molecule has 0 atom stereocenters. The van der Waals surface area contributed by atoms with E-state index in [1.54, 1.807) is 0 Å². The molecule has 4 heteroatoms. The van der Waals surface area contributed by atoms with E-state index in [4.69, 9.17) is 4.74 Å². The Bertz CT molecular complexity index is 421. The van der Waals surface area contributed by atoms with Crippen molar-refractivity contribution in [1.82, 2.24) is 10.6 Å². The molecule has 2 N–H and O–H groups in total. The minimum absolute atomic E-state index is 0.368. The van der Waals surface area contributed by atoms with Crippen LogP contribution in [0.1, 0.15) is 31.9 Å². The van der Waals surface area contributed by atoms with Gasteiger partial charge in [0.25, 0.3) is 0 Å². The maximum absolute atomic E-state index is 5.84. The molecule has 0 aliphatic carbocycles. The summed E-state index contributed by atoms with van der Waals surface area (Å²) in [6.07, 6.45) is 0. The molecule has 1 aromatic carbocycles. The standard InChI is InChI=1S/C16H27N3O/c1-6-17-16(19-12(2)3)18-10-11-20-15-13(4)8-7-9-14(15)5/h7-9,12H,6,10-11H2,1-5H3,(H2,17,18,19). The van der Waals surface area contributed by atoms with Crippen LogP contribution in [0.15, 0.2) is 23.2 Å².